The second-order valence-corrected chi connectivity index (χ2v) is 8.90. The van der Waals surface area contributed by atoms with Gasteiger partial charge in [0, 0.05) is 38.3 Å². The molecule has 6 heteroatoms. The highest BCUT2D eigenvalue weighted by Gasteiger charge is 2.28. The average Bonchev–Trinajstić information content (AvgIpc) is 2.66. The Labute approximate surface area is 162 Å². The highest BCUT2D eigenvalue weighted by Crippen LogP contribution is 2.23. The molecular weight excluding hydrogens is 360 g/mol. The number of aryl methyl sites for hydroxylation is 2. The van der Waals surface area contributed by atoms with Gasteiger partial charge in [-0.05, 0) is 50.1 Å². The topological polar surface area (TPSA) is 49.9 Å². The molecule has 0 spiro atoms. The van der Waals surface area contributed by atoms with Gasteiger partial charge in [-0.1, -0.05) is 24.3 Å². The lowest BCUT2D eigenvalue weighted by atomic mass is 10.1. The molecule has 0 aromatic heterocycles. The zero-order chi connectivity index (χ0) is 19.4. The molecular formula is C21H28N2O3S. The third-order valence-electron chi connectivity index (χ3n) is 5.11. The second-order valence-electron chi connectivity index (χ2n) is 6.97. The minimum atomic E-state index is -3.43. The monoisotopic (exact) mass is 388 g/mol. The molecule has 0 unspecified atom stereocenters. The molecule has 0 atom stereocenters. The van der Waals surface area contributed by atoms with Crippen LogP contribution in [0.3, 0.4) is 0 Å². The fraction of sp³-hybridized carbons (Fsp3) is 0.429. The van der Waals surface area contributed by atoms with Crippen molar-refractivity contribution in [2.75, 3.05) is 32.8 Å². The van der Waals surface area contributed by atoms with Crippen molar-refractivity contribution in [3.8, 4) is 5.75 Å². The van der Waals surface area contributed by atoms with Crippen LogP contribution in [-0.2, 0) is 16.6 Å². The van der Waals surface area contributed by atoms with Crippen LogP contribution < -0.4 is 4.74 Å². The summed E-state index contributed by atoms with van der Waals surface area (Å²) in [6.45, 7) is 9.76. The van der Waals surface area contributed by atoms with Crippen molar-refractivity contribution in [1.29, 1.82) is 0 Å². The lowest BCUT2D eigenvalue weighted by Gasteiger charge is -2.34. The van der Waals surface area contributed by atoms with Crippen LogP contribution in [0.15, 0.2) is 47.4 Å². The summed E-state index contributed by atoms with van der Waals surface area (Å²) in [5, 5.41) is 0. The first-order chi connectivity index (χ1) is 12.9. The zero-order valence-corrected chi connectivity index (χ0v) is 17.1. The van der Waals surface area contributed by atoms with Gasteiger partial charge in [0.1, 0.15) is 5.75 Å². The number of hydrogen-bond donors (Lipinski definition) is 0. The summed E-state index contributed by atoms with van der Waals surface area (Å²) in [6.07, 6.45) is 0. The van der Waals surface area contributed by atoms with Crippen molar-refractivity contribution < 1.29 is 13.2 Å². The number of hydrogen-bond acceptors (Lipinski definition) is 4. The molecule has 1 aliphatic heterocycles. The third-order valence-corrected chi connectivity index (χ3v) is 7.01. The van der Waals surface area contributed by atoms with E-state index in [1.807, 2.05) is 45.0 Å². The van der Waals surface area contributed by atoms with Crippen LogP contribution in [0.1, 0.15) is 23.6 Å². The van der Waals surface area contributed by atoms with Crippen molar-refractivity contribution in [1.82, 2.24) is 9.21 Å². The number of para-hydroxylation sites is 1. The van der Waals surface area contributed by atoms with Gasteiger partial charge < -0.3 is 4.74 Å². The van der Waals surface area contributed by atoms with E-state index in [-0.39, 0.29) is 0 Å². The van der Waals surface area contributed by atoms with Gasteiger partial charge in [-0.25, -0.2) is 8.42 Å². The summed E-state index contributed by atoms with van der Waals surface area (Å²) in [5.74, 6) is 0.908. The summed E-state index contributed by atoms with van der Waals surface area (Å²) in [7, 11) is -3.43. The Morgan fingerprint density at radius 1 is 0.963 bits per heavy atom. The molecule has 146 valence electrons. The second kappa shape index (κ2) is 8.42. The van der Waals surface area contributed by atoms with Crippen molar-refractivity contribution in [2.24, 2.45) is 0 Å². The molecule has 27 heavy (non-hydrogen) atoms. The first-order valence-corrected chi connectivity index (χ1v) is 10.9. The van der Waals surface area contributed by atoms with Crippen LogP contribution in [0.5, 0.6) is 5.75 Å². The van der Waals surface area contributed by atoms with E-state index in [9.17, 15) is 8.42 Å². The number of benzene rings is 2. The Morgan fingerprint density at radius 3 is 2.33 bits per heavy atom. The zero-order valence-electron chi connectivity index (χ0n) is 16.3. The Bertz CT molecular complexity index is 888. The number of ether oxygens (including phenoxy) is 1. The van der Waals surface area contributed by atoms with E-state index in [0.29, 0.717) is 37.7 Å². The lowest BCUT2D eigenvalue weighted by molar-refractivity contribution is 0.179. The quantitative estimate of drug-likeness (QED) is 0.762. The highest BCUT2D eigenvalue weighted by atomic mass is 32.2. The molecule has 1 heterocycles. The van der Waals surface area contributed by atoms with Crippen molar-refractivity contribution in [3.63, 3.8) is 0 Å². The van der Waals surface area contributed by atoms with Gasteiger partial charge in [0.2, 0.25) is 10.0 Å². The highest BCUT2D eigenvalue weighted by molar-refractivity contribution is 7.89. The van der Waals surface area contributed by atoms with E-state index < -0.39 is 10.0 Å². The first kappa shape index (κ1) is 19.9. The van der Waals surface area contributed by atoms with Gasteiger partial charge in [0.25, 0.3) is 0 Å². The molecule has 0 radical (unpaired) electrons. The predicted molar refractivity (Wildman–Crippen MR) is 108 cm³/mol. The number of piperazine rings is 1. The maximum atomic E-state index is 12.9. The Balaban J connectivity index is 1.65. The normalized spacial score (nSPS) is 16.4. The summed E-state index contributed by atoms with van der Waals surface area (Å²) in [6, 6.07) is 13.4. The van der Waals surface area contributed by atoms with Crippen LogP contribution in [-0.4, -0.2) is 50.4 Å². The van der Waals surface area contributed by atoms with Crippen molar-refractivity contribution in [2.45, 2.75) is 32.2 Å². The standard InChI is InChI=1S/C21H28N2O3S/c1-4-26-21-8-6-5-7-19(21)16-22-11-13-23(14-12-22)27(24,25)20-10-9-17(2)18(3)15-20/h5-10,15H,4,11-14,16H2,1-3H3. The van der Waals surface area contributed by atoms with Gasteiger partial charge in [0.05, 0.1) is 11.5 Å². The molecule has 0 N–H and O–H groups in total. The van der Waals surface area contributed by atoms with Crippen LogP contribution in [0, 0.1) is 13.8 Å². The van der Waals surface area contributed by atoms with Gasteiger partial charge in [-0.15, -0.1) is 0 Å². The number of rotatable bonds is 6. The SMILES string of the molecule is CCOc1ccccc1CN1CCN(S(=O)(=O)c2ccc(C)c(C)c2)CC1. The molecule has 2 aromatic carbocycles. The maximum Gasteiger partial charge on any atom is 0.243 e. The number of nitrogens with zero attached hydrogens (tertiary/aromatic N) is 2. The summed E-state index contributed by atoms with van der Waals surface area (Å²) >= 11 is 0. The molecule has 1 saturated heterocycles. The molecule has 0 amide bonds. The Kier molecular flexibility index (Phi) is 6.19. The van der Waals surface area contributed by atoms with E-state index in [1.165, 1.54) is 0 Å². The molecule has 2 aromatic rings. The van der Waals surface area contributed by atoms with Gasteiger partial charge >= 0.3 is 0 Å². The molecule has 1 aliphatic rings. The molecule has 0 bridgehead atoms. The molecule has 0 aliphatic carbocycles. The van der Waals surface area contributed by atoms with Crippen LogP contribution >= 0.6 is 0 Å². The largest absolute Gasteiger partial charge is 0.494 e. The van der Waals surface area contributed by atoms with Gasteiger partial charge in [-0.3, -0.25) is 4.90 Å². The van der Waals surface area contributed by atoms with E-state index >= 15 is 0 Å². The molecule has 3 rings (SSSR count). The van der Waals surface area contributed by atoms with E-state index in [2.05, 4.69) is 11.0 Å². The van der Waals surface area contributed by atoms with E-state index in [1.54, 1.807) is 16.4 Å². The third kappa shape index (κ3) is 4.51. The van der Waals surface area contributed by atoms with Crippen molar-refractivity contribution in [3.05, 3.63) is 59.2 Å². The molecule has 1 fully saturated rings. The lowest BCUT2D eigenvalue weighted by Crippen LogP contribution is -2.48. The minimum Gasteiger partial charge on any atom is -0.494 e. The first-order valence-electron chi connectivity index (χ1n) is 9.42. The minimum absolute atomic E-state index is 0.390. The summed E-state index contributed by atoms with van der Waals surface area (Å²) in [4.78, 5) is 2.67. The Hall–Kier alpha value is -1.89. The van der Waals surface area contributed by atoms with Crippen LogP contribution in [0.4, 0.5) is 0 Å². The molecule has 5 nitrogen and oxygen atoms in total. The Morgan fingerprint density at radius 2 is 1.67 bits per heavy atom. The fourth-order valence-corrected chi connectivity index (χ4v) is 4.83. The maximum absolute atomic E-state index is 12.9. The van der Waals surface area contributed by atoms with Crippen molar-refractivity contribution >= 4 is 10.0 Å². The van der Waals surface area contributed by atoms with Crippen LogP contribution in [0.2, 0.25) is 0 Å². The average molecular weight is 389 g/mol. The number of sulfonamides is 1. The summed E-state index contributed by atoms with van der Waals surface area (Å²) in [5.41, 5.74) is 3.25. The predicted octanol–water partition coefficient (Wildman–Crippen LogP) is 3.21. The van der Waals surface area contributed by atoms with Gasteiger partial charge in [-0.2, -0.15) is 4.31 Å². The van der Waals surface area contributed by atoms with Crippen LogP contribution in [0.25, 0.3) is 0 Å². The van der Waals surface area contributed by atoms with E-state index in [0.717, 1.165) is 29.0 Å². The summed E-state index contributed by atoms with van der Waals surface area (Å²) < 4.78 is 33.2. The smallest absolute Gasteiger partial charge is 0.243 e. The molecule has 0 saturated carbocycles. The van der Waals surface area contributed by atoms with Gasteiger partial charge in [0.15, 0.2) is 0 Å². The fourth-order valence-electron chi connectivity index (χ4n) is 3.32. The van der Waals surface area contributed by atoms with E-state index in [4.69, 9.17) is 4.74 Å².